The number of nitrogens with zero attached hydrogens (tertiary/aromatic N) is 2. The minimum absolute atomic E-state index is 0.109. The molecule has 1 unspecified atom stereocenters. The zero-order chi connectivity index (χ0) is 31.5. The van der Waals surface area contributed by atoms with Crippen LogP contribution in [0.25, 0.3) is 0 Å². The molecule has 0 spiro atoms. The van der Waals surface area contributed by atoms with E-state index >= 15 is 0 Å². The molecule has 0 aromatic carbocycles. The van der Waals surface area contributed by atoms with Gasteiger partial charge in [0.25, 0.3) is 0 Å². The van der Waals surface area contributed by atoms with Crippen LogP contribution in [-0.2, 0) is 19.3 Å². The molecular weight excluding hydrogens is 512 g/mol. The fourth-order valence-corrected chi connectivity index (χ4v) is 4.26. The lowest BCUT2D eigenvalue weighted by Gasteiger charge is -2.26. The van der Waals surface area contributed by atoms with Gasteiger partial charge in [0.1, 0.15) is 24.8 Å². The first-order chi connectivity index (χ1) is 18.9. The normalized spacial score (nSPS) is 14.2. The van der Waals surface area contributed by atoms with Crippen LogP contribution >= 0.6 is 0 Å². The van der Waals surface area contributed by atoms with Crippen LogP contribution in [-0.4, -0.2) is 36.2 Å². The summed E-state index contributed by atoms with van der Waals surface area (Å²) in [6.07, 6.45) is 13.0. The summed E-state index contributed by atoms with van der Waals surface area (Å²) in [7, 11) is 0. The van der Waals surface area contributed by atoms with Crippen molar-refractivity contribution in [1.82, 2.24) is 0 Å². The Hall–Kier alpha value is -1.72. The number of carbonyl (C=O) groups is 2. The first-order valence-corrected chi connectivity index (χ1v) is 16.3. The van der Waals surface area contributed by atoms with Gasteiger partial charge in [0.05, 0.1) is 11.4 Å². The number of oxime groups is 2. The van der Waals surface area contributed by atoms with Crippen LogP contribution in [0.1, 0.15) is 166 Å². The van der Waals surface area contributed by atoms with Crippen molar-refractivity contribution in [1.29, 1.82) is 0 Å². The Bertz CT molecular complexity index is 800. The molecule has 0 amide bonds. The van der Waals surface area contributed by atoms with Gasteiger partial charge in [-0.3, -0.25) is 9.59 Å². The Balaban J connectivity index is 4.00. The molecule has 0 aromatic heterocycles. The average Bonchev–Trinajstić information content (AvgIpc) is 2.87. The van der Waals surface area contributed by atoms with Crippen molar-refractivity contribution in [3.8, 4) is 0 Å². The Kier molecular flexibility index (Phi) is 19.4. The van der Waals surface area contributed by atoms with E-state index in [4.69, 9.17) is 9.68 Å². The number of hydrogen-bond acceptors (Lipinski definition) is 6. The Morgan fingerprint density at radius 1 is 0.634 bits per heavy atom. The fourth-order valence-electron chi connectivity index (χ4n) is 4.26. The number of rotatable bonds is 23. The van der Waals surface area contributed by atoms with E-state index in [1.807, 2.05) is 34.6 Å². The minimum Gasteiger partial charge on any atom is -0.396 e. The first-order valence-electron chi connectivity index (χ1n) is 16.3. The second-order valence-electron chi connectivity index (χ2n) is 15.2. The van der Waals surface area contributed by atoms with Crippen LogP contribution in [0.3, 0.4) is 0 Å². The third kappa shape index (κ3) is 23.5. The predicted molar refractivity (Wildman–Crippen MR) is 175 cm³/mol. The predicted octanol–water partition coefficient (Wildman–Crippen LogP) is 10.1. The molecule has 0 heterocycles. The van der Waals surface area contributed by atoms with Gasteiger partial charge in [0, 0.05) is 24.2 Å². The van der Waals surface area contributed by atoms with Gasteiger partial charge in [-0.1, -0.05) is 72.6 Å². The van der Waals surface area contributed by atoms with Gasteiger partial charge in [0.15, 0.2) is 0 Å². The highest BCUT2D eigenvalue weighted by Gasteiger charge is 2.22. The van der Waals surface area contributed by atoms with E-state index in [1.165, 1.54) is 0 Å². The number of unbranched alkanes of at least 4 members (excludes halogenated alkanes) is 4. The highest BCUT2D eigenvalue weighted by Crippen LogP contribution is 2.31. The molecule has 0 aromatic rings. The number of ketones is 2. The summed E-state index contributed by atoms with van der Waals surface area (Å²) in [5.41, 5.74) is 2.30. The summed E-state index contributed by atoms with van der Waals surface area (Å²) in [6.45, 7) is 24.6. The molecule has 0 N–H and O–H groups in total. The molecule has 0 aliphatic heterocycles. The molecule has 0 aliphatic carbocycles. The van der Waals surface area contributed by atoms with Crippen molar-refractivity contribution in [2.24, 2.45) is 32.5 Å². The van der Waals surface area contributed by atoms with Crippen molar-refractivity contribution in [2.45, 2.75) is 166 Å². The summed E-state index contributed by atoms with van der Waals surface area (Å²) in [5.74, 6) is 0.817. The SMILES string of the molecule is C/C(CCC(C)(C)C)=N\OCCCCCC(=O)C(C)CCC(C)(C)CC/C(C)=N/OCCCCCC(=O)C(C)(C)C. The molecule has 0 aliphatic rings. The molecule has 0 radical (unpaired) electrons. The molecule has 6 heteroatoms. The summed E-state index contributed by atoms with van der Waals surface area (Å²) in [4.78, 5) is 35.6. The van der Waals surface area contributed by atoms with Gasteiger partial charge in [-0.05, 0) is 102 Å². The molecule has 1 atom stereocenters. The van der Waals surface area contributed by atoms with E-state index in [0.29, 0.717) is 43.0 Å². The zero-order valence-corrected chi connectivity index (χ0v) is 28.9. The smallest absolute Gasteiger partial charge is 0.138 e. The van der Waals surface area contributed by atoms with Gasteiger partial charge >= 0.3 is 0 Å². The fraction of sp³-hybridized carbons (Fsp3) is 0.886. The van der Waals surface area contributed by atoms with Crippen LogP contribution in [0.4, 0.5) is 0 Å². The van der Waals surface area contributed by atoms with E-state index in [0.717, 1.165) is 88.5 Å². The number of carbonyl (C=O) groups excluding carboxylic acids is 2. The van der Waals surface area contributed by atoms with Crippen molar-refractivity contribution in [2.75, 3.05) is 13.2 Å². The lowest BCUT2D eigenvalue weighted by molar-refractivity contribution is -0.126. The van der Waals surface area contributed by atoms with Gasteiger partial charge in [-0.2, -0.15) is 0 Å². The summed E-state index contributed by atoms with van der Waals surface area (Å²) in [5, 5.41) is 8.51. The van der Waals surface area contributed by atoms with Gasteiger partial charge < -0.3 is 9.68 Å². The second-order valence-corrected chi connectivity index (χ2v) is 15.2. The second kappa shape index (κ2) is 20.2. The van der Waals surface area contributed by atoms with E-state index in [9.17, 15) is 9.59 Å². The van der Waals surface area contributed by atoms with Gasteiger partial charge in [-0.25, -0.2) is 0 Å². The maximum atomic E-state index is 12.6. The largest absolute Gasteiger partial charge is 0.396 e. The minimum atomic E-state index is -0.240. The Labute approximate surface area is 253 Å². The molecular formula is C35H66N2O4. The van der Waals surface area contributed by atoms with Crippen molar-refractivity contribution < 1.29 is 19.3 Å². The molecule has 0 saturated heterocycles. The Morgan fingerprint density at radius 2 is 1.12 bits per heavy atom. The first kappa shape index (κ1) is 39.3. The van der Waals surface area contributed by atoms with Crippen LogP contribution in [0.15, 0.2) is 10.3 Å². The molecule has 6 nitrogen and oxygen atoms in total. The molecule has 240 valence electrons. The van der Waals surface area contributed by atoms with Crippen molar-refractivity contribution in [3.63, 3.8) is 0 Å². The van der Waals surface area contributed by atoms with E-state index in [-0.39, 0.29) is 16.7 Å². The summed E-state index contributed by atoms with van der Waals surface area (Å²) < 4.78 is 0. The molecule has 0 saturated carbocycles. The quantitative estimate of drug-likeness (QED) is 0.0686. The molecule has 41 heavy (non-hydrogen) atoms. The topological polar surface area (TPSA) is 77.3 Å². The average molecular weight is 579 g/mol. The lowest BCUT2D eigenvalue weighted by Crippen LogP contribution is -2.19. The maximum Gasteiger partial charge on any atom is 0.138 e. The van der Waals surface area contributed by atoms with Gasteiger partial charge in [0.2, 0.25) is 0 Å². The maximum absolute atomic E-state index is 12.6. The van der Waals surface area contributed by atoms with E-state index < -0.39 is 0 Å². The van der Waals surface area contributed by atoms with Crippen LogP contribution in [0, 0.1) is 22.2 Å². The van der Waals surface area contributed by atoms with Crippen LogP contribution in [0.2, 0.25) is 0 Å². The molecule has 0 fully saturated rings. The summed E-state index contributed by atoms with van der Waals surface area (Å²) >= 11 is 0. The van der Waals surface area contributed by atoms with E-state index in [1.54, 1.807) is 0 Å². The highest BCUT2D eigenvalue weighted by molar-refractivity contribution is 5.83. The standard InChI is InChI=1S/C35H66N2O4/c1-28(31(38)18-14-12-16-26-40-36-29(2)21-23-33(4,5)6)20-24-35(10,11)25-22-30(3)37-41-27-17-13-15-19-32(39)34(7,8)9/h28H,12-27H2,1-11H3/b36-29+,37-30+. The number of hydrogen-bond donors (Lipinski definition) is 0. The van der Waals surface area contributed by atoms with Crippen LogP contribution < -0.4 is 0 Å². The van der Waals surface area contributed by atoms with E-state index in [2.05, 4.69) is 51.9 Å². The molecule has 0 bridgehead atoms. The zero-order valence-electron chi connectivity index (χ0n) is 28.9. The van der Waals surface area contributed by atoms with Gasteiger partial charge in [-0.15, -0.1) is 0 Å². The monoisotopic (exact) mass is 579 g/mol. The third-order valence-corrected chi connectivity index (χ3v) is 7.78. The van der Waals surface area contributed by atoms with Crippen LogP contribution in [0.5, 0.6) is 0 Å². The highest BCUT2D eigenvalue weighted by atomic mass is 16.6. The summed E-state index contributed by atoms with van der Waals surface area (Å²) in [6, 6.07) is 0. The number of Topliss-reactive ketones (excluding diaryl/α,β-unsaturated/α-hetero) is 2. The molecule has 0 rings (SSSR count). The lowest BCUT2D eigenvalue weighted by atomic mass is 9.80. The Morgan fingerprint density at radius 3 is 1.61 bits per heavy atom. The van der Waals surface area contributed by atoms with Crippen molar-refractivity contribution >= 4 is 23.0 Å². The van der Waals surface area contributed by atoms with Crippen molar-refractivity contribution in [3.05, 3.63) is 0 Å². The third-order valence-electron chi connectivity index (χ3n) is 7.78.